The van der Waals surface area contributed by atoms with Crippen LogP contribution in [0.15, 0.2) is 53.3 Å². The van der Waals surface area contributed by atoms with Gasteiger partial charge >= 0.3 is 0 Å². The van der Waals surface area contributed by atoms with Gasteiger partial charge in [-0.15, -0.1) is 0 Å². The van der Waals surface area contributed by atoms with Gasteiger partial charge in [0.25, 0.3) is 11.2 Å². The molecule has 0 bridgehead atoms. The Hall–Kier alpha value is -4.45. The van der Waals surface area contributed by atoms with E-state index >= 15 is 0 Å². The Labute approximate surface area is 182 Å². The molecular weight excluding hydrogens is 414 g/mol. The second-order valence-electron chi connectivity index (χ2n) is 7.00. The Morgan fingerprint density at radius 2 is 1.81 bits per heavy atom. The molecule has 0 saturated heterocycles. The second kappa shape index (κ2) is 9.14. The third-order valence-electron chi connectivity index (χ3n) is 5.15. The lowest BCUT2D eigenvalue weighted by Gasteiger charge is -2.15. The topological polar surface area (TPSA) is 135 Å². The van der Waals surface area contributed by atoms with Gasteiger partial charge in [-0.1, -0.05) is 12.1 Å². The Balaban J connectivity index is 2.02. The fourth-order valence-corrected chi connectivity index (χ4v) is 3.34. The Morgan fingerprint density at radius 1 is 1.19 bits per heavy atom. The number of hydrogen-bond donors (Lipinski definition) is 1. The number of hydrogen-bond acceptors (Lipinski definition) is 7. The summed E-state index contributed by atoms with van der Waals surface area (Å²) in [6.45, 7) is 1.44. The van der Waals surface area contributed by atoms with E-state index in [9.17, 15) is 30.1 Å². The molecule has 0 aliphatic carbocycles. The Kier molecular flexibility index (Phi) is 6.35. The molecule has 162 valence electrons. The van der Waals surface area contributed by atoms with Crippen LogP contribution >= 0.6 is 0 Å². The summed E-state index contributed by atoms with van der Waals surface area (Å²) < 4.78 is 6.11. The van der Waals surface area contributed by atoms with E-state index in [0.717, 1.165) is 10.1 Å². The van der Waals surface area contributed by atoms with Crippen molar-refractivity contribution < 1.29 is 19.6 Å². The number of methoxy groups -OCH3 is 1. The van der Waals surface area contributed by atoms with Gasteiger partial charge in [0.2, 0.25) is 5.88 Å². The maximum atomic E-state index is 13.1. The SMILES string of the molecule is COc1ccc(CCn2c(O)c(C(=O)c3ccc([N+](=O)[O-])cc3)c(C)c(C#N)c2=O)cc1. The number of aromatic nitrogens is 1. The van der Waals surface area contributed by atoms with Crippen LogP contribution in [0.4, 0.5) is 5.69 Å². The summed E-state index contributed by atoms with van der Waals surface area (Å²) in [5.74, 6) is -0.528. The standard InChI is InChI=1S/C23H19N3O6/c1-14-19(13-24)22(28)25(12-11-15-3-9-18(32-2)10-4-15)23(29)20(14)21(27)16-5-7-17(8-6-16)26(30)31/h3-10,29H,11-12H2,1-2H3. The van der Waals surface area contributed by atoms with Crippen LogP contribution in [0.25, 0.3) is 0 Å². The van der Waals surface area contributed by atoms with Gasteiger partial charge in [0.15, 0.2) is 5.78 Å². The van der Waals surface area contributed by atoms with Gasteiger partial charge in [-0.2, -0.15) is 5.26 Å². The molecule has 1 heterocycles. The molecule has 0 amide bonds. The summed E-state index contributed by atoms with van der Waals surface area (Å²) in [6, 6.07) is 13.8. The number of nitriles is 1. The van der Waals surface area contributed by atoms with Gasteiger partial charge in [0.05, 0.1) is 17.6 Å². The maximum absolute atomic E-state index is 13.1. The molecule has 0 atom stereocenters. The minimum atomic E-state index is -0.698. The number of carbonyl (C=O) groups excluding carboxylic acids is 1. The average molecular weight is 433 g/mol. The summed E-state index contributed by atoms with van der Waals surface area (Å²) in [5, 5.41) is 31.1. The van der Waals surface area contributed by atoms with Crippen LogP contribution in [-0.2, 0) is 13.0 Å². The highest BCUT2D eigenvalue weighted by atomic mass is 16.6. The van der Waals surface area contributed by atoms with E-state index in [2.05, 4.69) is 0 Å². The fraction of sp³-hybridized carbons (Fsp3) is 0.174. The zero-order valence-electron chi connectivity index (χ0n) is 17.4. The first-order chi connectivity index (χ1) is 15.3. The number of nitro benzene ring substituents is 1. The smallest absolute Gasteiger partial charge is 0.271 e. The van der Waals surface area contributed by atoms with E-state index in [1.165, 1.54) is 31.2 Å². The molecule has 0 fully saturated rings. The summed E-state index contributed by atoms with van der Waals surface area (Å²) in [7, 11) is 1.55. The van der Waals surface area contributed by atoms with Gasteiger partial charge in [-0.05, 0) is 48.7 Å². The van der Waals surface area contributed by atoms with E-state index in [4.69, 9.17) is 4.74 Å². The number of aryl methyl sites for hydroxylation is 1. The monoisotopic (exact) mass is 433 g/mol. The van der Waals surface area contributed by atoms with Crippen LogP contribution < -0.4 is 10.3 Å². The molecule has 0 saturated carbocycles. The van der Waals surface area contributed by atoms with E-state index in [1.807, 2.05) is 18.2 Å². The van der Waals surface area contributed by atoms with Crippen LogP contribution in [0.5, 0.6) is 11.6 Å². The molecule has 1 aromatic heterocycles. The van der Waals surface area contributed by atoms with Gasteiger partial charge < -0.3 is 9.84 Å². The molecule has 9 nitrogen and oxygen atoms in total. The minimum Gasteiger partial charge on any atom is -0.497 e. The number of nitrogens with zero attached hydrogens (tertiary/aromatic N) is 3. The predicted molar refractivity (Wildman–Crippen MR) is 115 cm³/mol. The lowest BCUT2D eigenvalue weighted by molar-refractivity contribution is -0.384. The number of rotatable bonds is 7. The first kappa shape index (κ1) is 22.2. The maximum Gasteiger partial charge on any atom is 0.271 e. The highest BCUT2D eigenvalue weighted by molar-refractivity contribution is 6.11. The molecule has 3 rings (SSSR count). The second-order valence-corrected chi connectivity index (χ2v) is 7.00. The number of carbonyl (C=O) groups is 1. The third kappa shape index (κ3) is 4.20. The number of nitro groups is 1. The fourth-order valence-electron chi connectivity index (χ4n) is 3.34. The van der Waals surface area contributed by atoms with Crippen LogP contribution in [-0.4, -0.2) is 27.5 Å². The first-order valence-electron chi connectivity index (χ1n) is 9.57. The number of non-ortho nitro benzene ring substituents is 1. The van der Waals surface area contributed by atoms with Crippen molar-refractivity contribution in [2.24, 2.45) is 0 Å². The molecular formula is C23H19N3O6. The van der Waals surface area contributed by atoms with Crippen molar-refractivity contribution in [2.45, 2.75) is 19.9 Å². The van der Waals surface area contributed by atoms with Crippen LogP contribution in [0.1, 0.15) is 32.6 Å². The van der Waals surface area contributed by atoms with Crippen molar-refractivity contribution in [3.63, 3.8) is 0 Å². The van der Waals surface area contributed by atoms with Crippen molar-refractivity contribution >= 4 is 11.5 Å². The summed E-state index contributed by atoms with van der Waals surface area (Å²) >= 11 is 0. The number of aromatic hydroxyl groups is 1. The largest absolute Gasteiger partial charge is 0.497 e. The van der Waals surface area contributed by atoms with Gasteiger partial charge in [-0.3, -0.25) is 24.3 Å². The lowest BCUT2D eigenvalue weighted by atomic mass is 9.97. The van der Waals surface area contributed by atoms with Crippen LogP contribution in [0, 0.1) is 28.4 Å². The highest BCUT2D eigenvalue weighted by Crippen LogP contribution is 2.26. The van der Waals surface area contributed by atoms with Gasteiger partial charge in [0, 0.05) is 24.2 Å². The number of pyridine rings is 1. The van der Waals surface area contributed by atoms with Crippen molar-refractivity contribution in [2.75, 3.05) is 7.11 Å². The van der Waals surface area contributed by atoms with Crippen molar-refractivity contribution in [1.82, 2.24) is 4.57 Å². The lowest BCUT2D eigenvalue weighted by Crippen LogP contribution is -2.27. The molecule has 3 aromatic rings. The highest BCUT2D eigenvalue weighted by Gasteiger charge is 2.25. The summed E-state index contributed by atoms with van der Waals surface area (Å²) in [6.07, 6.45) is 0.358. The third-order valence-corrected chi connectivity index (χ3v) is 5.15. The van der Waals surface area contributed by atoms with Crippen LogP contribution in [0.3, 0.4) is 0 Å². The molecule has 2 aromatic carbocycles. The predicted octanol–water partition coefficient (Wildman–Crippen LogP) is 3.12. The van der Waals surface area contributed by atoms with Crippen LogP contribution in [0.2, 0.25) is 0 Å². The molecule has 0 aliphatic heterocycles. The Bertz CT molecular complexity index is 1290. The molecule has 32 heavy (non-hydrogen) atoms. The van der Waals surface area contributed by atoms with Crippen molar-refractivity contribution in [3.8, 4) is 17.7 Å². The van der Waals surface area contributed by atoms with Crippen molar-refractivity contribution in [3.05, 3.63) is 96.8 Å². The normalized spacial score (nSPS) is 10.4. The number of benzene rings is 2. The van der Waals surface area contributed by atoms with E-state index in [-0.39, 0.29) is 34.5 Å². The molecule has 0 unspecified atom stereocenters. The first-order valence-corrected chi connectivity index (χ1v) is 9.57. The minimum absolute atomic E-state index is 0.0342. The van der Waals surface area contributed by atoms with E-state index < -0.39 is 22.1 Å². The average Bonchev–Trinajstić information content (AvgIpc) is 2.79. The van der Waals surface area contributed by atoms with Gasteiger partial charge in [0.1, 0.15) is 17.4 Å². The molecule has 0 aliphatic rings. The molecule has 1 N–H and O–H groups in total. The molecule has 0 spiro atoms. The molecule has 9 heteroatoms. The quantitative estimate of drug-likeness (QED) is 0.343. The number of ketones is 1. The van der Waals surface area contributed by atoms with Gasteiger partial charge in [-0.25, -0.2) is 0 Å². The molecule has 0 radical (unpaired) electrons. The zero-order chi connectivity index (χ0) is 23.4. The van der Waals surface area contributed by atoms with E-state index in [0.29, 0.717) is 12.2 Å². The summed E-state index contributed by atoms with van der Waals surface area (Å²) in [4.78, 5) is 36.1. The Morgan fingerprint density at radius 3 is 2.34 bits per heavy atom. The summed E-state index contributed by atoms with van der Waals surface area (Å²) in [5.41, 5.74) is -0.329. The zero-order valence-corrected chi connectivity index (χ0v) is 17.4. The number of ether oxygens (including phenoxy) is 1. The van der Waals surface area contributed by atoms with E-state index in [1.54, 1.807) is 19.2 Å². The van der Waals surface area contributed by atoms with Crippen molar-refractivity contribution in [1.29, 1.82) is 5.26 Å².